The molecule has 5 heteroatoms. The highest BCUT2D eigenvalue weighted by Crippen LogP contribution is 2.48. The predicted octanol–water partition coefficient (Wildman–Crippen LogP) is 5.83. The van der Waals surface area contributed by atoms with Gasteiger partial charge < -0.3 is 4.74 Å². The zero-order chi connectivity index (χ0) is 18.4. The van der Waals surface area contributed by atoms with Gasteiger partial charge in [0.1, 0.15) is 11.6 Å². The van der Waals surface area contributed by atoms with E-state index < -0.39 is 0 Å². The fourth-order valence-corrected chi connectivity index (χ4v) is 4.09. The van der Waals surface area contributed by atoms with Crippen LogP contribution in [0, 0.1) is 5.82 Å². The monoisotopic (exact) mass is 422 g/mol. The van der Waals surface area contributed by atoms with Crippen molar-refractivity contribution < 1.29 is 9.13 Å². The maximum Gasteiger partial charge on any atom is 0.213 e. The number of ether oxygens (including phenoxy) is 1. The first kappa shape index (κ1) is 16.5. The summed E-state index contributed by atoms with van der Waals surface area (Å²) >= 11 is 3.56. The SMILES string of the molecule is Fc1ccc(C2Oc3ccc(Br)cc3C3CC(c4ccccc4)=NN32)cc1. The van der Waals surface area contributed by atoms with E-state index in [1.54, 1.807) is 12.1 Å². The number of rotatable bonds is 2. The molecule has 0 N–H and O–H groups in total. The van der Waals surface area contributed by atoms with E-state index >= 15 is 0 Å². The van der Waals surface area contributed by atoms with Crippen LogP contribution in [0.5, 0.6) is 5.75 Å². The first-order chi connectivity index (χ1) is 13.2. The van der Waals surface area contributed by atoms with Gasteiger partial charge in [-0.2, -0.15) is 5.10 Å². The smallest absolute Gasteiger partial charge is 0.213 e. The fourth-order valence-electron chi connectivity index (χ4n) is 3.71. The van der Waals surface area contributed by atoms with Gasteiger partial charge in [0.2, 0.25) is 6.23 Å². The first-order valence-electron chi connectivity index (χ1n) is 8.82. The lowest BCUT2D eigenvalue weighted by Crippen LogP contribution is -2.33. The molecule has 0 aliphatic carbocycles. The van der Waals surface area contributed by atoms with Gasteiger partial charge in [0, 0.05) is 22.0 Å². The summed E-state index contributed by atoms with van der Waals surface area (Å²) in [7, 11) is 0. The van der Waals surface area contributed by atoms with Gasteiger partial charge in [0.25, 0.3) is 0 Å². The second kappa shape index (κ2) is 6.50. The summed E-state index contributed by atoms with van der Waals surface area (Å²) in [5, 5.41) is 6.91. The van der Waals surface area contributed by atoms with Crippen LogP contribution in [-0.4, -0.2) is 10.7 Å². The Kier molecular flexibility index (Phi) is 3.97. The summed E-state index contributed by atoms with van der Waals surface area (Å²) in [6.45, 7) is 0. The van der Waals surface area contributed by atoms with Gasteiger partial charge in [-0.15, -0.1) is 0 Å². The number of hydrogen-bond acceptors (Lipinski definition) is 3. The highest BCUT2D eigenvalue weighted by atomic mass is 79.9. The minimum atomic E-state index is -0.384. The summed E-state index contributed by atoms with van der Waals surface area (Å²) < 4.78 is 20.7. The topological polar surface area (TPSA) is 24.8 Å². The molecule has 3 nitrogen and oxygen atoms in total. The zero-order valence-corrected chi connectivity index (χ0v) is 15.9. The Labute approximate surface area is 165 Å². The molecule has 5 rings (SSSR count). The lowest BCUT2D eigenvalue weighted by molar-refractivity contribution is -0.0191. The second-order valence-electron chi connectivity index (χ2n) is 6.72. The Bertz CT molecular complexity index is 1020. The van der Waals surface area contributed by atoms with Crippen molar-refractivity contribution in [1.82, 2.24) is 5.01 Å². The molecule has 2 aliphatic heterocycles. The van der Waals surface area contributed by atoms with E-state index in [0.29, 0.717) is 0 Å². The molecule has 0 fully saturated rings. The van der Waals surface area contributed by atoms with Crippen LogP contribution in [-0.2, 0) is 0 Å². The van der Waals surface area contributed by atoms with Crippen molar-refractivity contribution >= 4 is 21.6 Å². The molecule has 3 aromatic carbocycles. The molecular formula is C22H16BrFN2O. The number of nitrogens with zero attached hydrogens (tertiary/aromatic N) is 2. The molecule has 134 valence electrons. The standard InChI is InChI=1S/C22H16BrFN2O/c23-16-8-11-21-18(12-16)20-13-19(14-4-2-1-3-5-14)25-26(20)22(27-21)15-6-9-17(24)10-7-15/h1-12,20,22H,13H2. The third kappa shape index (κ3) is 2.92. The molecule has 3 aromatic rings. The van der Waals surface area contributed by atoms with Gasteiger partial charge in [-0.25, -0.2) is 9.40 Å². The Morgan fingerprint density at radius 2 is 1.78 bits per heavy atom. The van der Waals surface area contributed by atoms with Crippen LogP contribution in [0.25, 0.3) is 0 Å². The molecular weight excluding hydrogens is 407 g/mol. The number of hydrogen-bond donors (Lipinski definition) is 0. The molecule has 2 atom stereocenters. The largest absolute Gasteiger partial charge is 0.464 e. The van der Waals surface area contributed by atoms with Crippen LogP contribution in [0.3, 0.4) is 0 Å². The van der Waals surface area contributed by atoms with Gasteiger partial charge in [-0.3, -0.25) is 0 Å². The van der Waals surface area contributed by atoms with Crippen molar-refractivity contribution in [3.8, 4) is 5.75 Å². The van der Waals surface area contributed by atoms with E-state index in [2.05, 4.69) is 34.1 Å². The van der Waals surface area contributed by atoms with Crippen molar-refractivity contribution in [1.29, 1.82) is 0 Å². The highest BCUT2D eigenvalue weighted by Gasteiger charge is 2.41. The third-order valence-electron chi connectivity index (χ3n) is 5.01. The summed E-state index contributed by atoms with van der Waals surface area (Å²) in [4.78, 5) is 0. The minimum Gasteiger partial charge on any atom is -0.464 e. The number of fused-ring (bicyclic) bond motifs is 3. The molecule has 0 spiro atoms. The van der Waals surface area contributed by atoms with E-state index in [1.807, 2.05) is 35.3 Å². The highest BCUT2D eigenvalue weighted by molar-refractivity contribution is 9.10. The molecule has 0 amide bonds. The van der Waals surface area contributed by atoms with Crippen molar-refractivity contribution in [2.24, 2.45) is 5.10 Å². The lowest BCUT2D eigenvalue weighted by atomic mass is 9.96. The van der Waals surface area contributed by atoms with E-state index in [1.165, 1.54) is 12.1 Å². The van der Waals surface area contributed by atoms with E-state index in [-0.39, 0.29) is 18.1 Å². The molecule has 27 heavy (non-hydrogen) atoms. The molecule has 0 saturated carbocycles. The van der Waals surface area contributed by atoms with Gasteiger partial charge in [-0.1, -0.05) is 58.4 Å². The average molecular weight is 423 g/mol. The van der Waals surface area contributed by atoms with Crippen LogP contribution in [0.4, 0.5) is 4.39 Å². The Morgan fingerprint density at radius 1 is 1.00 bits per heavy atom. The number of halogens is 2. The van der Waals surface area contributed by atoms with E-state index in [0.717, 1.165) is 39.0 Å². The van der Waals surface area contributed by atoms with E-state index in [9.17, 15) is 4.39 Å². The van der Waals surface area contributed by atoms with Gasteiger partial charge in [-0.05, 0) is 35.9 Å². The summed E-state index contributed by atoms with van der Waals surface area (Å²) in [5.74, 6) is 0.587. The van der Waals surface area contributed by atoms with Crippen molar-refractivity contribution in [2.45, 2.75) is 18.7 Å². The zero-order valence-electron chi connectivity index (χ0n) is 14.3. The van der Waals surface area contributed by atoms with Crippen LogP contribution in [0.15, 0.2) is 82.4 Å². The summed E-state index contributed by atoms with van der Waals surface area (Å²) in [6.07, 6.45) is 0.416. The number of hydrazone groups is 1. The van der Waals surface area contributed by atoms with Gasteiger partial charge >= 0.3 is 0 Å². The van der Waals surface area contributed by atoms with Crippen LogP contribution < -0.4 is 4.74 Å². The van der Waals surface area contributed by atoms with Crippen LogP contribution in [0.2, 0.25) is 0 Å². The molecule has 0 radical (unpaired) electrons. The van der Waals surface area contributed by atoms with Crippen molar-refractivity contribution in [3.05, 3.63) is 99.8 Å². The average Bonchev–Trinajstić information content (AvgIpc) is 3.15. The molecule has 2 heterocycles. The molecule has 2 unspecified atom stereocenters. The number of benzene rings is 3. The van der Waals surface area contributed by atoms with Gasteiger partial charge in [0.05, 0.1) is 11.8 Å². The Balaban J connectivity index is 1.61. The fraction of sp³-hybridized carbons (Fsp3) is 0.136. The normalized spacial score (nSPS) is 20.5. The maximum absolute atomic E-state index is 13.4. The molecule has 0 saturated heterocycles. The van der Waals surface area contributed by atoms with E-state index in [4.69, 9.17) is 9.84 Å². The van der Waals surface area contributed by atoms with Crippen LogP contribution >= 0.6 is 15.9 Å². The Morgan fingerprint density at radius 3 is 2.56 bits per heavy atom. The van der Waals surface area contributed by atoms with Crippen molar-refractivity contribution in [2.75, 3.05) is 0 Å². The van der Waals surface area contributed by atoms with Crippen LogP contribution in [0.1, 0.15) is 35.4 Å². The van der Waals surface area contributed by atoms with Gasteiger partial charge in [0.15, 0.2) is 0 Å². The lowest BCUT2D eigenvalue weighted by Gasteiger charge is -2.38. The maximum atomic E-state index is 13.4. The first-order valence-corrected chi connectivity index (χ1v) is 9.61. The quantitative estimate of drug-likeness (QED) is 0.518. The summed E-state index contributed by atoms with van der Waals surface area (Å²) in [5.41, 5.74) is 4.14. The third-order valence-corrected chi connectivity index (χ3v) is 5.51. The summed E-state index contributed by atoms with van der Waals surface area (Å²) in [6, 6.07) is 22.8. The predicted molar refractivity (Wildman–Crippen MR) is 106 cm³/mol. The molecule has 0 bridgehead atoms. The second-order valence-corrected chi connectivity index (χ2v) is 7.63. The molecule has 2 aliphatic rings. The minimum absolute atomic E-state index is 0.0801. The Hall–Kier alpha value is -2.66. The van der Waals surface area contributed by atoms with Crippen molar-refractivity contribution in [3.63, 3.8) is 0 Å². The molecule has 0 aromatic heterocycles.